The van der Waals surface area contributed by atoms with Gasteiger partial charge < -0.3 is 4.90 Å². The van der Waals surface area contributed by atoms with Crippen LogP contribution in [0.3, 0.4) is 0 Å². The van der Waals surface area contributed by atoms with Crippen molar-refractivity contribution in [1.82, 2.24) is 14.7 Å². The summed E-state index contributed by atoms with van der Waals surface area (Å²) in [5, 5.41) is 0. The molecule has 2 aromatic carbocycles. The number of piperidine rings is 1. The Kier molecular flexibility index (Phi) is 8.10. The van der Waals surface area contributed by atoms with Gasteiger partial charge in [-0.3, -0.25) is 14.6 Å². The van der Waals surface area contributed by atoms with E-state index in [1.807, 2.05) is 4.90 Å². The van der Waals surface area contributed by atoms with E-state index in [0.29, 0.717) is 18.1 Å². The molecule has 2 heterocycles. The van der Waals surface area contributed by atoms with Gasteiger partial charge in [0, 0.05) is 57.8 Å². The predicted molar refractivity (Wildman–Crippen MR) is 142 cm³/mol. The Balaban J connectivity index is 1.38. The minimum atomic E-state index is 0.223. The van der Waals surface area contributed by atoms with Crippen molar-refractivity contribution in [3.05, 3.63) is 59.2 Å². The molecule has 2 saturated heterocycles. The molecular weight excluding hydrogens is 418 g/mol. The van der Waals surface area contributed by atoms with Gasteiger partial charge in [-0.25, -0.2) is 0 Å². The smallest absolute Gasteiger partial charge is 0.219 e. The third-order valence-electron chi connectivity index (χ3n) is 8.23. The van der Waals surface area contributed by atoms with Crippen molar-refractivity contribution < 1.29 is 4.79 Å². The molecule has 4 rings (SSSR count). The first-order chi connectivity index (χ1) is 16.4. The second-order valence-corrected chi connectivity index (χ2v) is 10.4. The van der Waals surface area contributed by atoms with Gasteiger partial charge in [0.2, 0.25) is 5.91 Å². The standard InChI is InChI=1S/C30H43N3O/c1-6-25-18-26(7-2)20-29(19-25)28-10-8-27(9-11-28)23(4)33-17-16-32(21-22(33)3)30-12-14-31(15-13-30)24(5)34/h8-11,18-20,22-23,30H,6-7,12-17,21H2,1-5H3/t22-,23+/m1/s1. The maximum atomic E-state index is 11.7. The maximum absolute atomic E-state index is 11.7. The number of likely N-dealkylation sites (tertiary alicyclic amines) is 1. The van der Waals surface area contributed by atoms with Crippen LogP contribution >= 0.6 is 0 Å². The summed E-state index contributed by atoms with van der Waals surface area (Å²) in [6.45, 7) is 16.1. The largest absolute Gasteiger partial charge is 0.343 e. The molecule has 0 radical (unpaired) electrons. The molecule has 2 atom stereocenters. The first-order valence-electron chi connectivity index (χ1n) is 13.4. The lowest BCUT2D eigenvalue weighted by Crippen LogP contribution is -2.57. The van der Waals surface area contributed by atoms with Crippen molar-refractivity contribution >= 4 is 5.91 Å². The van der Waals surface area contributed by atoms with Crippen molar-refractivity contribution in [2.75, 3.05) is 32.7 Å². The number of hydrogen-bond donors (Lipinski definition) is 0. The number of rotatable bonds is 6. The Morgan fingerprint density at radius 2 is 1.53 bits per heavy atom. The quantitative estimate of drug-likeness (QED) is 0.564. The molecule has 2 aromatic rings. The Bertz CT molecular complexity index is 939. The average molecular weight is 462 g/mol. The molecule has 0 saturated carbocycles. The maximum Gasteiger partial charge on any atom is 0.219 e. The number of nitrogens with zero attached hydrogens (tertiary/aromatic N) is 3. The van der Waals surface area contributed by atoms with Crippen LogP contribution in [0.15, 0.2) is 42.5 Å². The second kappa shape index (κ2) is 11.0. The van der Waals surface area contributed by atoms with Crippen LogP contribution in [0.5, 0.6) is 0 Å². The van der Waals surface area contributed by atoms with E-state index in [-0.39, 0.29) is 5.91 Å². The van der Waals surface area contributed by atoms with E-state index in [1.165, 1.54) is 27.8 Å². The molecule has 4 nitrogen and oxygen atoms in total. The third kappa shape index (κ3) is 5.55. The molecule has 2 aliphatic heterocycles. The number of carbonyl (C=O) groups excluding carboxylic acids is 1. The lowest BCUT2D eigenvalue weighted by Gasteiger charge is -2.47. The van der Waals surface area contributed by atoms with Gasteiger partial charge in [-0.1, -0.05) is 56.3 Å². The number of piperazine rings is 1. The van der Waals surface area contributed by atoms with Crippen LogP contribution in [0.25, 0.3) is 11.1 Å². The number of carbonyl (C=O) groups is 1. The first kappa shape index (κ1) is 24.9. The molecule has 184 valence electrons. The van der Waals surface area contributed by atoms with E-state index >= 15 is 0 Å². The van der Waals surface area contributed by atoms with E-state index in [2.05, 4.69) is 80.0 Å². The highest BCUT2D eigenvalue weighted by atomic mass is 16.2. The highest BCUT2D eigenvalue weighted by Gasteiger charge is 2.33. The molecule has 34 heavy (non-hydrogen) atoms. The molecule has 2 fully saturated rings. The molecule has 0 bridgehead atoms. The van der Waals surface area contributed by atoms with E-state index < -0.39 is 0 Å². The van der Waals surface area contributed by atoms with Crippen LogP contribution in [0.4, 0.5) is 0 Å². The molecule has 0 aliphatic carbocycles. The normalized spacial score (nSPS) is 21.6. The average Bonchev–Trinajstić information content (AvgIpc) is 2.88. The molecule has 0 aromatic heterocycles. The molecule has 2 aliphatic rings. The van der Waals surface area contributed by atoms with E-state index in [9.17, 15) is 4.79 Å². The number of amides is 1. The zero-order valence-electron chi connectivity index (χ0n) is 21.9. The summed E-state index contributed by atoms with van der Waals surface area (Å²) < 4.78 is 0. The fourth-order valence-electron chi connectivity index (χ4n) is 5.94. The lowest BCUT2D eigenvalue weighted by molar-refractivity contribution is -0.130. The summed E-state index contributed by atoms with van der Waals surface area (Å²) in [7, 11) is 0. The van der Waals surface area contributed by atoms with Crippen molar-refractivity contribution in [3.8, 4) is 11.1 Å². The Hall–Kier alpha value is -2.17. The summed E-state index contributed by atoms with van der Waals surface area (Å²) >= 11 is 0. The summed E-state index contributed by atoms with van der Waals surface area (Å²) in [6, 6.07) is 17.9. The highest BCUT2D eigenvalue weighted by Crippen LogP contribution is 2.30. The minimum absolute atomic E-state index is 0.223. The molecule has 1 amide bonds. The zero-order chi connectivity index (χ0) is 24.2. The van der Waals surface area contributed by atoms with Gasteiger partial charge in [-0.05, 0) is 67.3 Å². The minimum Gasteiger partial charge on any atom is -0.343 e. The van der Waals surface area contributed by atoms with Crippen LogP contribution in [0.1, 0.15) is 70.2 Å². The highest BCUT2D eigenvalue weighted by molar-refractivity contribution is 5.73. The molecule has 4 heteroatoms. The van der Waals surface area contributed by atoms with Crippen LogP contribution in [-0.4, -0.2) is 65.4 Å². The molecule has 0 spiro atoms. The van der Waals surface area contributed by atoms with Crippen molar-refractivity contribution in [2.24, 2.45) is 0 Å². The lowest BCUT2D eigenvalue weighted by atomic mass is 9.95. The number of aryl methyl sites for hydroxylation is 2. The van der Waals surface area contributed by atoms with Gasteiger partial charge >= 0.3 is 0 Å². The van der Waals surface area contributed by atoms with Crippen molar-refractivity contribution in [1.29, 1.82) is 0 Å². The van der Waals surface area contributed by atoms with Gasteiger partial charge in [0.15, 0.2) is 0 Å². The van der Waals surface area contributed by atoms with Crippen LogP contribution in [0.2, 0.25) is 0 Å². The van der Waals surface area contributed by atoms with Crippen molar-refractivity contribution in [2.45, 2.75) is 78.4 Å². The fourth-order valence-corrected chi connectivity index (χ4v) is 5.94. The van der Waals surface area contributed by atoms with Crippen molar-refractivity contribution in [3.63, 3.8) is 0 Å². The number of benzene rings is 2. The summed E-state index contributed by atoms with van der Waals surface area (Å²) in [4.78, 5) is 19.0. The Labute approximate surface area is 206 Å². The van der Waals surface area contributed by atoms with Gasteiger partial charge in [0.05, 0.1) is 0 Å². The monoisotopic (exact) mass is 461 g/mol. The molecule has 0 unspecified atom stereocenters. The van der Waals surface area contributed by atoms with Gasteiger partial charge in [0.1, 0.15) is 0 Å². The van der Waals surface area contributed by atoms with Crippen LogP contribution in [0, 0.1) is 0 Å². The van der Waals surface area contributed by atoms with Crippen LogP contribution in [-0.2, 0) is 17.6 Å². The SMILES string of the molecule is CCc1cc(CC)cc(-c2ccc([C@H](C)N3CCN(C4CCN(C(C)=O)CC4)C[C@H]3C)cc2)c1. The Morgan fingerprint density at radius 1 is 0.912 bits per heavy atom. The predicted octanol–water partition coefficient (Wildman–Crippen LogP) is 5.56. The van der Waals surface area contributed by atoms with E-state index in [0.717, 1.165) is 58.4 Å². The topological polar surface area (TPSA) is 26.8 Å². The first-order valence-corrected chi connectivity index (χ1v) is 13.4. The second-order valence-electron chi connectivity index (χ2n) is 10.4. The van der Waals surface area contributed by atoms with Gasteiger partial charge in [-0.15, -0.1) is 0 Å². The molecule has 0 N–H and O–H groups in total. The van der Waals surface area contributed by atoms with E-state index in [1.54, 1.807) is 6.92 Å². The number of hydrogen-bond acceptors (Lipinski definition) is 3. The van der Waals surface area contributed by atoms with E-state index in [4.69, 9.17) is 0 Å². The van der Waals surface area contributed by atoms with Crippen LogP contribution < -0.4 is 0 Å². The third-order valence-corrected chi connectivity index (χ3v) is 8.23. The summed E-state index contributed by atoms with van der Waals surface area (Å²) in [6.07, 6.45) is 4.38. The van der Waals surface area contributed by atoms with Gasteiger partial charge in [-0.2, -0.15) is 0 Å². The summed E-state index contributed by atoms with van der Waals surface area (Å²) in [5.41, 5.74) is 6.90. The van der Waals surface area contributed by atoms with Gasteiger partial charge in [0.25, 0.3) is 0 Å². The zero-order valence-corrected chi connectivity index (χ0v) is 21.9. The molecular formula is C30H43N3O. The fraction of sp³-hybridized carbons (Fsp3) is 0.567. The summed E-state index contributed by atoms with van der Waals surface area (Å²) in [5.74, 6) is 0.223. The Morgan fingerprint density at radius 3 is 2.06 bits per heavy atom.